The summed E-state index contributed by atoms with van der Waals surface area (Å²) in [6.07, 6.45) is 16.4. The van der Waals surface area contributed by atoms with E-state index in [4.69, 9.17) is 15.0 Å². The van der Waals surface area contributed by atoms with Crippen molar-refractivity contribution >= 4 is 22.7 Å². The normalized spacial score (nSPS) is 18.4. The highest BCUT2D eigenvalue weighted by molar-refractivity contribution is 8.03. The second kappa shape index (κ2) is 16.1. The van der Waals surface area contributed by atoms with Gasteiger partial charge in [0.25, 0.3) is 0 Å². The number of benzene rings is 6. The quantitative estimate of drug-likeness (QED) is 0.174. The van der Waals surface area contributed by atoms with Crippen LogP contribution in [0.2, 0.25) is 0 Å². The summed E-state index contributed by atoms with van der Waals surface area (Å²) in [5.74, 6) is 1.61. The summed E-state index contributed by atoms with van der Waals surface area (Å²) >= 11 is 1.91. The summed E-state index contributed by atoms with van der Waals surface area (Å²) in [6.45, 7) is 4.37. The number of rotatable bonds is 5. The fourth-order valence-corrected chi connectivity index (χ4v) is 10.1. The molecule has 1 aliphatic carbocycles. The van der Waals surface area contributed by atoms with E-state index in [0.717, 1.165) is 62.3 Å². The van der Waals surface area contributed by atoms with Crippen LogP contribution in [0.3, 0.4) is 0 Å². The minimum atomic E-state index is -0.400. The van der Waals surface area contributed by atoms with E-state index >= 15 is 0 Å². The third-order valence-electron chi connectivity index (χ3n) is 12.0. The van der Waals surface area contributed by atoms with E-state index < -0.39 is 5.41 Å². The molecule has 288 valence electrons. The highest BCUT2D eigenvalue weighted by atomic mass is 32.2. The number of para-hydroxylation sites is 1. The van der Waals surface area contributed by atoms with Gasteiger partial charge in [0.1, 0.15) is 0 Å². The number of hydrogen-bond acceptors (Lipinski definition) is 4. The molecule has 0 saturated carbocycles. The Balaban J connectivity index is 1.18. The van der Waals surface area contributed by atoms with Crippen LogP contribution in [0.5, 0.6) is 0 Å². The standard InChI is InChI=1S/C56H43N3S/c1-3-48-53(4-2)60-34-14-6-5-13-32-56(48)49-30-28-43(45-23-15-21-42-22-16-33-57-54(42)45)35-46(49)47-36-44(29-31-50(47)56)55-58-51(40-19-11-8-12-20-40)37-52(59-55)41-26-24-39(25-27-41)38-17-9-7-10-18-38/h3-31,33,35-37H,32,34H2,1-2H3/b13-5-,14-6-,48-3?,53-4?. The van der Waals surface area contributed by atoms with Gasteiger partial charge in [-0.25, -0.2) is 9.97 Å². The molecule has 10 rings (SSSR count). The Hall–Kier alpha value is -6.88. The molecule has 0 fully saturated rings. The monoisotopic (exact) mass is 789 g/mol. The van der Waals surface area contributed by atoms with Gasteiger partial charge in [-0.3, -0.25) is 4.98 Å². The molecule has 0 saturated heterocycles. The molecule has 1 unspecified atom stereocenters. The molecule has 3 heterocycles. The second-order valence-electron chi connectivity index (χ2n) is 15.3. The predicted molar refractivity (Wildman–Crippen MR) is 254 cm³/mol. The average molecular weight is 790 g/mol. The van der Waals surface area contributed by atoms with Crippen molar-refractivity contribution < 1.29 is 0 Å². The lowest BCUT2D eigenvalue weighted by molar-refractivity contribution is 0.640. The van der Waals surface area contributed by atoms with Gasteiger partial charge in [-0.05, 0) is 89.1 Å². The number of nitrogens with zero attached hydrogens (tertiary/aromatic N) is 3. The van der Waals surface area contributed by atoms with Crippen molar-refractivity contribution in [3.63, 3.8) is 0 Å². The maximum atomic E-state index is 5.33. The molecule has 1 atom stereocenters. The molecule has 0 amide bonds. The topological polar surface area (TPSA) is 38.7 Å². The molecule has 2 aliphatic rings. The van der Waals surface area contributed by atoms with Gasteiger partial charge in [-0.2, -0.15) is 0 Å². The van der Waals surface area contributed by atoms with Crippen molar-refractivity contribution in [3.8, 4) is 67.3 Å². The Bertz CT molecular complexity index is 3010. The Morgan fingerprint density at radius 1 is 0.517 bits per heavy atom. The van der Waals surface area contributed by atoms with Gasteiger partial charge in [0, 0.05) is 44.5 Å². The van der Waals surface area contributed by atoms with E-state index in [1.54, 1.807) is 0 Å². The summed E-state index contributed by atoms with van der Waals surface area (Å²) in [5.41, 5.74) is 16.5. The van der Waals surface area contributed by atoms with Crippen molar-refractivity contribution in [2.45, 2.75) is 25.7 Å². The van der Waals surface area contributed by atoms with Crippen LogP contribution in [0.4, 0.5) is 0 Å². The van der Waals surface area contributed by atoms with Crippen LogP contribution >= 0.6 is 11.8 Å². The van der Waals surface area contributed by atoms with E-state index in [-0.39, 0.29) is 0 Å². The first-order valence-electron chi connectivity index (χ1n) is 20.7. The van der Waals surface area contributed by atoms with E-state index in [1.165, 1.54) is 43.9 Å². The fraction of sp³-hybridized carbons (Fsp3) is 0.0893. The molecule has 8 aromatic rings. The van der Waals surface area contributed by atoms with Gasteiger partial charge < -0.3 is 0 Å². The van der Waals surface area contributed by atoms with Crippen LogP contribution in [0.25, 0.3) is 78.2 Å². The Morgan fingerprint density at radius 2 is 1.12 bits per heavy atom. The number of thioether (sulfide) groups is 1. The van der Waals surface area contributed by atoms with Crippen molar-refractivity contribution in [2.24, 2.45) is 0 Å². The van der Waals surface area contributed by atoms with Crippen LogP contribution in [0.15, 0.2) is 211 Å². The molecule has 6 aromatic carbocycles. The first-order chi connectivity index (χ1) is 29.6. The molecule has 2 aromatic heterocycles. The van der Waals surface area contributed by atoms with Crippen molar-refractivity contribution in [3.05, 3.63) is 222 Å². The van der Waals surface area contributed by atoms with Gasteiger partial charge in [-0.1, -0.05) is 170 Å². The van der Waals surface area contributed by atoms with Crippen LogP contribution in [-0.4, -0.2) is 20.7 Å². The first-order valence-corrected chi connectivity index (χ1v) is 21.7. The van der Waals surface area contributed by atoms with Crippen LogP contribution in [0, 0.1) is 0 Å². The van der Waals surface area contributed by atoms with E-state index in [2.05, 4.69) is 196 Å². The van der Waals surface area contributed by atoms with Gasteiger partial charge in [0.15, 0.2) is 5.82 Å². The number of aromatic nitrogens is 3. The van der Waals surface area contributed by atoms with Gasteiger partial charge in [0.05, 0.1) is 22.3 Å². The molecule has 60 heavy (non-hydrogen) atoms. The van der Waals surface area contributed by atoms with Gasteiger partial charge in [-0.15, -0.1) is 11.8 Å². The van der Waals surface area contributed by atoms with Crippen LogP contribution < -0.4 is 0 Å². The molecule has 3 nitrogen and oxygen atoms in total. The van der Waals surface area contributed by atoms with E-state index in [9.17, 15) is 0 Å². The average Bonchev–Trinajstić information content (AvgIpc) is 3.59. The fourth-order valence-electron chi connectivity index (χ4n) is 9.14. The minimum absolute atomic E-state index is 0.400. The largest absolute Gasteiger partial charge is 0.256 e. The van der Waals surface area contributed by atoms with Crippen LogP contribution in [0.1, 0.15) is 31.4 Å². The molecule has 1 spiro atoms. The zero-order chi connectivity index (χ0) is 40.5. The maximum absolute atomic E-state index is 5.33. The van der Waals surface area contributed by atoms with Gasteiger partial charge >= 0.3 is 0 Å². The predicted octanol–water partition coefficient (Wildman–Crippen LogP) is 14.7. The molecule has 1 aliphatic heterocycles. The number of fused-ring (bicyclic) bond motifs is 6. The lowest BCUT2D eigenvalue weighted by Crippen LogP contribution is -2.28. The number of hydrogen-bond donors (Lipinski definition) is 0. The number of allylic oxidation sites excluding steroid dienone is 6. The highest BCUT2D eigenvalue weighted by Gasteiger charge is 2.46. The maximum Gasteiger partial charge on any atom is 0.160 e. The highest BCUT2D eigenvalue weighted by Crippen LogP contribution is 2.58. The zero-order valence-electron chi connectivity index (χ0n) is 33.7. The molecule has 0 bridgehead atoms. The lowest BCUT2D eigenvalue weighted by atomic mass is 9.69. The molecule has 0 radical (unpaired) electrons. The summed E-state index contributed by atoms with van der Waals surface area (Å²) in [6, 6.07) is 56.4. The molecular weight excluding hydrogens is 747 g/mol. The smallest absolute Gasteiger partial charge is 0.160 e. The Kier molecular flexibility index (Phi) is 10.0. The van der Waals surface area contributed by atoms with Gasteiger partial charge in [0.2, 0.25) is 0 Å². The third-order valence-corrected chi connectivity index (χ3v) is 13.1. The molecular formula is C56H43N3S. The molecule has 0 N–H and O–H groups in total. The Labute approximate surface area is 356 Å². The first kappa shape index (κ1) is 37.4. The summed E-state index contributed by atoms with van der Waals surface area (Å²) < 4.78 is 0. The second-order valence-corrected chi connectivity index (χ2v) is 16.4. The number of pyridine rings is 1. The Morgan fingerprint density at radius 3 is 1.83 bits per heavy atom. The zero-order valence-corrected chi connectivity index (χ0v) is 34.5. The SMILES string of the molecule is CC=C1SC/C=C\C=C/CC2(C1=CC)c1ccc(-c3nc(-c4ccccc4)cc(-c4ccc(-c5ccccc5)cc4)n3)cc1-c1cc(-c3cccc4cccnc34)ccc12. The summed E-state index contributed by atoms with van der Waals surface area (Å²) in [5, 5.41) is 1.13. The van der Waals surface area contributed by atoms with Crippen LogP contribution in [-0.2, 0) is 5.41 Å². The van der Waals surface area contributed by atoms with Crippen molar-refractivity contribution in [1.29, 1.82) is 0 Å². The van der Waals surface area contributed by atoms with Crippen molar-refractivity contribution in [1.82, 2.24) is 15.0 Å². The van der Waals surface area contributed by atoms with E-state index in [0.29, 0.717) is 5.82 Å². The molecule has 4 heteroatoms. The lowest BCUT2D eigenvalue weighted by Gasteiger charge is -2.36. The summed E-state index contributed by atoms with van der Waals surface area (Å²) in [4.78, 5) is 16.8. The summed E-state index contributed by atoms with van der Waals surface area (Å²) in [7, 11) is 0. The van der Waals surface area contributed by atoms with E-state index in [1.807, 2.05) is 30.1 Å². The minimum Gasteiger partial charge on any atom is -0.256 e. The van der Waals surface area contributed by atoms with Crippen molar-refractivity contribution in [2.75, 3.05) is 5.75 Å². The third kappa shape index (κ3) is 6.63.